The topological polar surface area (TPSA) is 63.7 Å². The first-order chi connectivity index (χ1) is 17.1. The number of Topliss-reactive ketones (excluding diaryl/α,β-unsaturated/α-hetero) is 1. The third kappa shape index (κ3) is 6.61. The lowest BCUT2D eigenvalue weighted by Crippen LogP contribution is -2.22. The predicted octanol–water partition coefficient (Wildman–Crippen LogP) is 5.54. The smallest absolute Gasteiger partial charge is 0.215 e. The Morgan fingerprint density at radius 3 is 2.77 bits per heavy atom. The molecular weight excluding hydrogens is 458 g/mol. The highest BCUT2D eigenvalue weighted by atomic mass is 32.1. The molecule has 0 bridgehead atoms. The Morgan fingerprint density at radius 2 is 2.06 bits per heavy atom. The van der Waals surface area contributed by atoms with E-state index in [1.165, 1.54) is 10.4 Å². The second-order valence-electron chi connectivity index (χ2n) is 9.14. The first-order valence-corrected chi connectivity index (χ1v) is 13.2. The van der Waals surface area contributed by atoms with E-state index < -0.39 is 0 Å². The van der Waals surface area contributed by atoms with E-state index in [0.29, 0.717) is 23.8 Å². The Morgan fingerprint density at radius 1 is 1.23 bits per heavy atom. The molecule has 0 saturated heterocycles. The van der Waals surface area contributed by atoms with Gasteiger partial charge >= 0.3 is 0 Å². The van der Waals surface area contributed by atoms with E-state index in [9.17, 15) is 4.79 Å². The molecule has 0 radical (unpaired) electrons. The summed E-state index contributed by atoms with van der Waals surface area (Å²) in [6, 6.07) is 14.6. The molecule has 0 aliphatic carbocycles. The highest BCUT2D eigenvalue weighted by Crippen LogP contribution is 2.31. The molecule has 1 aromatic carbocycles. The number of fused-ring (bicyclic) bond motifs is 1. The summed E-state index contributed by atoms with van der Waals surface area (Å²) in [6.45, 7) is 1.79. The van der Waals surface area contributed by atoms with Crippen molar-refractivity contribution in [2.24, 2.45) is 5.92 Å². The first kappa shape index (κ1) is 25.2. The van der Waals surface area contributed by atoms with Crippen molar-refractivity contribution in [1.82, 2.24) is 10.3 Å². The van der Waals surface area contributed by atoms with Gasteiger partial charge in [0.05, 0.1) is 18.4 Å². The van der Waals surface area contributed by atoms with Crippen molar-refractivity contribution in [3.63, 3.8) is 0 Å². The zero-order chi connectivity index (χ0) is 24.6. The van der Waals surface area contributed by atoms with Crippen molar-refractivity contribution in [1.29, 1.82) is 0 Å². The fourth-order valence-corrected chi connectivity index (χ4v) is 5.38. The zero-order valence-corrected chi connectivity index (χ0v) is 21.6. The maximum absolute atomic E-state index is 12.9. The number of methoxy groups -OCH3 is 1. The molecule has 0 spiro atoms. The maximum Gasteiger partial charge on any atom is 0.215 e. The van der Waals surface area contributed by atoms with Crippen molar-refractivity contribution in [2.75, 3.05) is 39.2 Å². The molecule has 0 fully saturated rings. The Balaban J connectivity index is 1.40. The summed E-state index contributed by atoms with van der Waals surface area (Å²) >= 11 is 1.74. The van der Waals surface area contributed by atoms with Crippen LogP contribution in [0.4, 0.5) is 5.69 Å². The largest absolute Gasteiger partial charge is 0.485 e. The van der Waals surface area contributed by atoms with Gasteiger partial charge in [-0.3, -0.25) is 4.79 Å². The number of benzene rings is 1. The standard InChI is InChI=1S/C28H35N3O3S/c1-29-14-12-26(27-5-4-16-35-27)34-22-9-6-20(7-10-22)17-21-8-11-25(32)23-19-30-28(33-3)18-24(23)31(2)15-13-21/h4-7,9-10,16,18-19,21,26,29H,8,11-15,17H2,1-3H3. The normalized spacial score (nSPS) is 17.2. The fourth-order valence-electron chi connectivity index (χ4n) is 4.59. The number of anilines is 1. The Kier molecular flexibility index (Phi) is 8.77. The third-order valence-corrected chi connectivity index (χ3v) is 7.64. The van der Waals surface area contributed by atoms with E-state index in [0.717, 1.165) is 50.2 Å². The fraction of sp³-hybridized carbons (Fsp3) is 0.429. The average molecular weight is 494 g/mol. The highest BCUT2D eigenvalue weighted by molar-refractivity contribution is 7.10. The van der Waals surface area contributed by atoms with Gasteiger partial charge in [0, 0.05) is 43.6 Å². The van der Waals surface area contributed by atoms with Gasteiger partial charge in [-0.2, -0.15) is 0 Å². The molecule has 4 rings (SSSR count). The van der Waals surface area contributed by atoms with Crippen LogP contribution in [0, 0.1) is 5.92 Å². The van der Waals surface area contributed by atoms with E-state index >= 15 is 0 Å². The summed E-state index contributed by atoms with van der Waals surface area (Å²) in [5.74, 6) is 2.02. The molecule has 2 unspecified atom stereocenters. The van der Waals surface area contributed by atoms with E-state index in [1.54, 1.807) is 24.6 Å². The Bertz CT molecular complexity index is 1090. The number of rotatable bonds is 9. The molecule has 7 heteroatoms. The van der Waals surface area contributed by atoms with Crippen LogP contribution in [-0.2, 0) is 6.42 Å². The SMILES string of the molecule is CNCCC(Oc1ccc(CC2CCC(=O)c3cnc(OC)cc3N(C)CC2)cc1)c1cccs1. The number of nitrogens with zero attached hydrogens (tertiary/aromatic N) is 2. The molecule has 2 aromatic heterocycles. The summed E-state index contributed by atoms with van der Waals surface area (Å²) in [5.41, 5.74) is 2.87. The van der Waals surface area contributed by atoms with Gasteiger partial charge in [0.15, 0.2) is 5.78 Å². The van der Waals surface area contributed by atoms with E-state index in [4.69, 9.17) is 9.47 Å². The summed E-state index contributed by atoms with van der Waals surface area (Å²) in [6.07, 6.45) is 6.02. The summed E-state index contributed by atoms with van der Waals surface area (Å²) < 4.78 is 11.6. The van der Waals surface area contributed by atoms with Crippen molar-refractivity contribution in [3.05, 3.63) is 70.0 Å². The molecule has 2 atom stereocenters. The van der Waals surface area contributed by atoms with Gasteiger partial charge < -0.3 is 19.7 Å². The lowest BCUT2D eigenvalue weighted by Gasteiger charge is -2.23. The van der Waals surface area contributed by atoms with Gasteiger partial charge in [-0.25, -0.2) is 4.98 Å². The van der Waals surface area contributed by atoms with Crippen LogP contribution >= 0.6 is 11.3 Å². The van der Waals surface area contributed by atoms with Crippen LogP contribution in [0.1, 0.15) is 52.6 Å². The van der Waals surface area contributed by atoms with Crippen molar-refractivity contribution in [2.45, 2.75) is 38.2 Å². The molecule has 0 saturated carbocycles. The summed E-state index contributed by atoms with van der Waals surface area (Å²) in [4.78, 5) is 20.6. The number of ether oxygens (including phenoxy) is 2. The maximum atomic E-state index is 12.9. The summed E-state index contributed by atoms with van der Waals surface area (Å²) in [7, 11) is 5.61. The van der Waals surface area contributed by atoms with E-state index in [1.807, 2.05) is 20.2 Å². The minimum Gasteiger partial charge on any atom is -0.485 e. The molecular formula is C28H35N3O3S. The number of carbonyl (C=O) groups excluding carboxylic acids is 1. The molecule has 35 heavy (non-hydrogen) atoms. The number of pyridine rings is 1. The minimum atomic E-state index is 0.0546. The number of ketones is 1. The molecule has 186 valence electrons. The van der Waals surface area contributed by atoms with Gasteiger partial charge in [-0.05, 0) is 67.9 Å². The van der Waals surface area contributed by atoms with Crippen LogP contribution < -0.4 is 19.7 Å². The van der Waals surface area contributed by atoms with Gasteiger partial charge in [-0.1, -0.05) is 18.2 Å². The van der Waals surface area contributed by atoms with Crippen LogP contribution in [0.15, 0.2) is 54.0 Å². The van der Waals surface area contributed by atoms with Crippen molar-refractivity contribution in [3.8, 4) is 11.6 Å². The first-order valence-electron chi connectivity index (χ1n) is 12.3. The second-order valence-corrected chi connectivity index (χ2v) is 10.1. The van der Waals surface area contributed by atoms with Gasteiger partial charge in [0.25, 0.3) is 0 Å². The number of aromatic nitrogens is 1. The van der Waals surface area contributed by atoms with Crippen molar-refractivity contribution < 1.29 is 14.3 Å². The van der Waals surface area contributed by atoms with Crippen molar-refractivity contribution >= 4 is 22.8 Å². The van der Waals surface area contributed by atoms with Crippen LogP contribution in [0.25, 0.3) is 0 Å². The monoisotopic (exact) mass is 493 g/mol. The van der Waals surface area contributed by atoms with Gasteiger partial charge in [-0.15, -0.1) is 11.3 Å². The number of carbonyl (C=O) groups is 1. The lowest BCUT2D eigenvalue weighted by molar-refractivity contribution is 0.0974. The molecule has 6 nitrogen and oxygen atoms in total. The van der Waals surface area contributed by atoms with Gasteiger partial charge in [0.1, 0.15) is 11.9 Å². The van der Waals surface area contributed by atoms with E-state index in [-0.39, 0.29) is 11.9 Å². The van der Waals surface area contributed by atoms with Crippen LogP contribution in [0.2, 0.25) is 0 Å². The Hall–Kier alpha value is -2.90. The van der Waals surface area contributed by atoms with Crippen LogP contribution in [-0.4, -0.2) is 45.1 Å². The second kappa shape index (κ2) is 12.2. The molecule has 1 aliphatic rings. The van der Waals surface area contributed by atoms with E-state index in [2.05, 4.69) is 57.0 Å². The van der Waals surface area contributed by atoms with Crippen LogP contribution in [0.3, 0.4) is 0 Å². The van der Waals surface area contributed by atoms with Gasteiger partial charge in [0.2, 0.25) is 5.88 Å². The highest BCUT2D eigenvalue weighted by Gasteiger charge is 2.22. The lowest BCUT2D eigenvalue weighted by atomic mass is 9.90. The molecule has 1 aliphatic heterocycles. The molecule has 1 N–H and O–H groups in total. The minimum absolute atomic E-state index is 0.0546. The number of hydrogen-bond acceptors (Lipinski definition) is 7. The zero-order valence-electron chi connectivity index (χ0n) is 20.8. The average Bonchev–Trinajstić information content (AvgIpc) is 3.43. The molecule has 0 amide bonds. The number of nitrogens with one attached hydrogen (secondary N) is 1. The molecule has 3 aromatic rings. The number of hydrogen-bond donors (Lipinski definition) is 1. The molecule has 3 heterocycles. The predicted molar refractivity (Wildman–Crippen MR) is 142 cm³/mol. The van der Waals surface area contributed by atoms with Crippen LogP contribution in [0.5, 0.6) is 11.6 Å². The number of thiophene rings is 1. The third-order valence-electron chi connectivity index (χ3n) is 6.67. The quantitative estimate of drug-likeness (QED) is 0.422. The summed E-state index contributed by atoms with van der Waals surface area (Å²) in [5, 5.41) is 5.32. The Labute approximate surface area is 212 Å².